The van der Waals surface area contributed by atoms with Gasteiger partial charge in [-0.1, -0.05) is 20.8 Å². The summed E-state index contributed by atoms with van der Waals surface area (Å²) in [6.45, 7) is 6.41. The van der Waals surface area contributed by atoms with E-state index < -0.39 is 4.92 Å². The van der Waals surface area contributed by atoms with Gasteiger partial charge in [-0.3, -0.25) is 15.5 Å². The first-order valence-electron chi connectivity index (χ1n) is 7.50. The molecular weight excluding hydrogens is 340 g/mol. The second-order valence-electron chi connectivity index (χ2n) is 6.34. The van der Waals surface area contributed by atoms with Crippen LogP contribution < -0.4 is 5.43 Å². The maximum atomic E-state index is 11.0. The molecule has 0 saturated heterocycles. The molecule has 0 aliphatic rings. The van der Waals surface area contributed by atoms with Gasteiger partial charge in [0.05, 0.1) is 16.5 Å². The Morgan fingerprint density at radius 1 is 1.32 bits per heavy atom. The number of hydrogen-bond donors (Lipinski definition) is 1. The topological polar surface area (TPSA) is 106 Å². The van der Waals surface area contributed by atoms with Gasteiger partial charge in [-0.25, -0.2) is 15.0 Å². The fraction of sp³-hybridized carbons (Fsp3) is 0.250. The Hall–Kier alpha value is -2.94. The van der Waals surface area contributed by atoms with E-state index >= 15 is 0 Å². The van der Waals surface area contributed by atoms with Crippen LogP contribution in [0.15, 0.2) is 35.8 Å². The molecule has 0 amide bonds. The zero-order valence-corrected chi connectivity index (χ0v) is 14.7. The summed E-state index contributed by atoms with van der Waals surface area (Å²) in [6, 6.07) is 4.93. The Morgan fingerprint density at radius 2 is 2.12 bits per heavy atom. The predicted octanol–water partition coefficient (Wildman–Crippen LogP) is 3.74. The van der Waals surface area contributed by atoms with Gasteiger partial charge in [0.2, 0.25) is 0 Å². The molecule has 0 aromatic carbocycles. The quantitative estimate of drug-likeness (QED) is 0.433. The van der Waals surface area contributed by atoms with Crippen molar-refractivity contribution in [2.24, 2.45) is 5.10 Å². The van der Waals surface area contributed by atoms with E-state index in [0.717, 1.165) is 10.2 Å². The van der Waals surface area contributed by atoms with Crippen molar-refractivity contribution in [2.75, 3.05) is 5.43 Å². The number of nitrogens with one attached hydrogen (secondary N) is 1. The van der Waals surface area contributed by atoms with E-state index in [-0.39, 0.29) is 16.8 Å². The Kier molecular flexibility index (Phi) is 4.41. The van der Waals surface area contributed by atoms with Crippen LogP contribution in [0.25, 0.3) is 10.2 Å². The molecule has 0 atom stereocenters. The molecule has 3 aromatic heterocycles. The highest BCUT2D eigenvalue weighted by Crippen LogP contribution is 2.35. The number of rotatable bonds is 4. The monoisotopic (exact) mass is 356 g/mol. The highest BCUT2D eigenvalue weighted by molar-refractivity contribution is 7.18. The summed E-state index contributed by atoms with van der Waals surface area (Å²) >= 11 is 1.61. The standard InChI is InChI=1S/C16H16N6O2S/c1-16(2,3)13-7-10-14(18-9-19-15(10)25-13)21-20-8-11-12(22(23)24)5-4-6-17-11/h4-9H,1-3H3,(H,18,19,21). The van der Waals surface area contributed by atoms with Gasteiger partial charge in [-0.15, -0.1) is 11.3 Å². The minimum absolute atomic E-state index is 0.0144. The number of aromatic nitrogens is 3. The Bertz CT molecular complexity index is 961. The number of hydrogen-bond acceptors (Lipinski definition) is 8. The summed E-state index contributed by atoms with van der Waals surface area (Å²) < 4.78 is 0. The van der Waals surface area contributed by atoms with Gasteiger partial charge in [0.25, 0.3) is 5.69 Å². The molecule has 0 bridgehead atoms. The van der Waals surface area contributed by atoms with E-state index in [1.807, 2.05) is 6.07 Å². The van der Waals surface area contributed by atoms with Crippen LogP contribution in [0.1, 0.15) is 31.3 Å². The second kappa shape index (κ2) is 6.52. The van der Waals surface area contributed by atoms with Gasteiger partial charge < -0.3 is 0 Å². The van der Waals surface area contributed by atoms with Crippen molar-refractivity contribution >= 4 is 39.3 Å². The molecule has 0 aliphatic heterocycles. The number of pyridine rings is 1. The van der Waals surface area contributed by atoms with Crippen LogP contribution in [-0.2, 0) is 5.41 Å². The molecule has 0 fully saturated rings. The Labute approximate surface area is 147 Å². The lowest BCUT2D eigenvalue weighted by atomic mass is 9.94. The summed E-state index contributed by atoms with van der Waals surface area (Å²) in [5.41, 5.74) is 2.91. The zero-order valence-electron chi connectivity index (χ0n) is 13.9. The van der Waals surface area contributed by atoms with Gasteiger partial charge in [-0.05, 0) is 17.5 Å². The average molecular weight is 356 g/mol. The number of nitro groups is 1. The highest BCUT2D eigenvalue weighted by atomic mass is 32.1. The summed E-state index contributed by atoms with van der Waals surface area (Å²) in [4.78, 5) is 25.0. The molecule has 1 N–H and O–H groups in total. The van der Waals surface area contributed by atoms with E-state index in [9.17, 15) is 10.1 Å². The van der Waals surface area contributed by atoms with E-state index in [1.54, 1.807) is 11.3 Å². The van der Waals surface area contributed by atoms with Gasteiger partial charge >= 0.3 is 0 Å². The van der Waals surface area contributed by atoms with Crippen LogP contribution >= 0.6 is 11.3 Å². The van der Waals surface area contributed by atoms with Crippen molar-refractivity contribution in [3.63, 3.8) is 0 Å². The third-order valence-electron chi connectivity index (χ3n) is 3.44. The van der Waals surface area contributed by atoms with Crippen LogP contribution in [0, 0.1) is 10.1 Å². The number of fused-ring (bicyclic) bond motifs is 1. The lowest BCUT2D eigenvalue weighted by Crippen LogP contribution is -2.07. The van der Waals surface area contributed by atoms with Crippen molar-refractivity contribution in [3.05, 3.63) is 51.4 Å². The minimum Gasteiger partial charge on any atom is -0.261 e. The molecule has 0 spiro atoms. The molecule has 8 nitrogen and oxygen atoms in total. The summed E-state index contributed by atoms with van der Waals surface area (Å²) in [5, 5.41) is 15.9. The second-order valence-corrected chi connectivity index (χ2v) is 7.37. The SMILES string of the molecule is CC(C)(C)c1cc2c(NN=Cc3ncccc3[N+](=O)[O-])ncnc2s1. The first-order chi connectivity index (χ1) is 11.9. The van der Waals surface area contributed by atoms with Gasteiger partial charge in [0.1, 0.15) is 11.2 Å². The molecule has 3 heterocycles. The first-order valence-corrected chi connectivity index (χ1v) is 8.31. The van der Waals surface area contributed by atoms with Crippen LogP contribution in [0.2, 0.25) is 0 Å². The van der Waals surface area contributed by atoms with Crippen molar-refractivity contribution in [2.45, 2.75) is 26.2 Å². The molecule has 0 unspecified atom stereocenters. The van der Waals surface area contributed by atoms with Crippen molar-refractivity contribution < 1.29 is 4.92 Å². The molecular formula is C16H16N6O2S. The number of nitrogens with zero attached hydrogens (tertiary/aromatic N) is 5. The fourth-order valence-electron chi connectivity index (χ4n) is 2.13. The molecule has 3 aromatic rings. The minimum atomic E-state index is -0.494. The molecule has 3 rings (SSSR count). The molecule has 0 saturated carbocycles. The third-order valence-corrected chi connectivity index (χ3v) is 4.91. The van der Waals surface area contributed by atoms with Gasteiger partial charge in [0, 0.05) is 17.1 Å². The largest absolute Gasteiger partial charge is 0.296 e. The highest BCUT2D eigenvalue weighted by Gasteiger charge is 2.19. The maximum Gasteiger partial charge on any atom is 0.296 e. The molecule has 128 valence electrons. The van der Waals surface area contributed by atoms with E-state index in [2.05, 4.69) is 46.3 Å². The summed E-state index contributed by atoms with van der Waals surface area (Å²) in [6.07, 6.45) is 4.25. The van der Waals surface area contributed by atoms with Crippen LogP contribution in [0.3, 0.4) is 0 Å². The lowest BCUT2D eigenvalue weighted by molar-refractivity contribution is -0.385. The smallest absolute Gasteiger partial charge is 0.261 e. The van der Waals surface area contributed by atoms with Crippen molar-refractivity contribution in [1.82, 2.24) is 15.0 Å². The Morgan fingerprint density at radius 3 is 2.84 bits per heavy atom. The molecule has 0 aliphatic carbocycles. The van der Waals surface area contributed by atoms with Gasteiger partial charge in [0.15, 0.2) is 11.5 Å². The van der Waals surface area contributed by atoms with Crippen LogP contribution in [-0.4, -0.2) is 26.1 Å². The third kappa shape index (κ3) is 3.61. The lowest BCUT2D eigenvalue weighted by Gasteiger charge is -2.14. The fourth-order valence-corrected chi connectivity index (χ4v) is 3.19. The average Bonchev–Trinajstić information content (AvgIpc) is 3.00. The summed E-state index contributed by atoms with van der Waals surface area (Å²) in [5.74, 6) is 0.548. The zero-order chi connectivity index (χ0) is 18.0. The van der Waals surface area contributed by atoms with E-state index in [0.29, 0.717) is 5.82 Å². The van der Waals surface area contributed by atoms with E-state index in [1.165, 1.54) is 35.7 Å². The maximum absolute atomic E-state index is 11.0. The molecule has 25 heavy (non-hydrogen) atoms. The number of thiophene rings is 1. The van der Waals surface area contributed by atoms with Crippen LogP contribution in [0.4, 0.5) is 11.5 Å². The normalized spacial score (nSPS) is 12.0. The Balaban J connectivity index is 1.89. The van der Waals surface area contributed by atoms with Crippen molar-refractivity contribution in [3.8, 4) is 0 Å². The van der Waals surface area contributed by atoms with Gasteiger partial charge in [-0.2, -0.15) is 5.10 Å². The molecule has 0 radical (unpaired) electrons. The predicted molar refractivity (Wildman–Crippen MR) is 98.2 cm³/mol. The first kappa shape index (κ1) is 16.9. The summed E-state index contributed by atoms with van der Waals surface area (Å²) in [7, 11) is 0. The van der Waals surface area contributed by atoms with Crippen LogP contribution in [0.5, 0.6) is 0 Å². The number of hydrazone groups is 1. The number of anilines is 1. The van der Waals surface area contributed by atoms with Crippen molar-refractivity contribution in [1.29, 1.82) is 0 Å². The van der Waals surface area contributed by atoms with E-state index in [4.69, 9.17) is 0 Å². The molecule has 9 heteroatoms.